The number of nitro groups is 1. The van der Waals surface area contributed by atoms with E-state index in [0.29, 0.717) is 17.9 Å². The fourth-order valence-electron chi connectivity index (χ4n) is 3.06. The minimum Gasteiger partial charge on any atom is -0.494 e. The SMILES string of the molecule is CCOc1ccc(C(=O)N2CCN(S(=O)(=O)c3ccc([N+](=O)[O-])cc3)CC2)cc1. The van der Waals surface area contributed by atoms with E-state index in [1.165, 1.54) is 28.6 Å². The summed E-state index contributed by atoms with van der Waals surface area (Å²) in [4.78, 5) is 24.4. The van der Waals surface area contributed by atoms with Gasteiger partial charge in [-0.15, -0.1) is 0 Å². The number of carbonyl (C=O) groups is 1. The van der Waals surface area contributed by atoms with Crippen LogP contribution in [-0.4, -0.2) is 61.2 Å². The molecular weight excluding hydrogens is 398 g/mol. The zero-order valence-corrected chi connectivity index (χ0v) is 16.7. The monoisotopic (exact) mass is 419 g/mol. The Morgan fingerprint density at radius 3 is 2.14 bits per heavy atom. The maximum absolute atomic E-state index is 12.8. The van der Waals surface area contributed by atoms with Crippen molar-refractivity contribution in [3.8, 4) is 5.75 Å². The predicted molar refractivity (Wildman–Crippen MR) is 105 cm³/mol. The second kappa shape index (κ2) is 8.58. The molecule has 0 aliphatic carbocycles. The first-order valence-electron chi connectivity index (χ1n) is 9.09. The Morgan fingerprint density at radius 2 is 1.62 bits per heavy atom. The molecule has 1 heterocycles. The minimum absolute atomic E-state index is 0.00519. The van der Waals surface area contributed by atoms with Gasteiger partial charge in [-0.05, 0) is 43.3 Å². The van der Waals surface area contributed by atoms with Crippen molar-refractivity contribution in [1.82, 2.24) is 9.21 Å². The van der Waals surface area contributed by atoms with Crippen molar-refractivity contribution in [2.45, 2.75) is 11.8 Å². The van der Waals surface area contributed by atoms with Crippen LogP contribution < -0.4 is 4.74 Å². The highest BCUT2D eigenvalue weighted by Gasteiger charge is 2.30. The summed E-state index contributed by atoms with van der Waals surface area (Å²) in [5.41, 5.74) is 0.342. The highest BCUT2D eigenvalue weighted by molar-refractivity contribution is 7.89. The molecule has 9 nitrogen and oxygen atoms in total. The molecule has 0 spiro atoms. The minimum atomic E-state index is -3.77. The number of rotatable bonds is 6. The smallest absolute Gasteiger partial charge is 0.269 e. The summed E-state index contributed by atoms with van der Waals surface area (Å²) >= 11 is 0. The average molecular weight is 419 g/mol. The summed E-state index contributed by atoms with van der Waals surface area (Å²) in [6.45, 7) is 3.25. The van der Waals surface area contributed by atoms with Gasteiger partial charge in [-0.1, -0.05) is 0 Å². The first-order valence-corrected chi connectivity index (χ1v) is 10.5. The number of ether oxygens (including phenoxy) is 1. The Kier molecular flexibility index (Phi) is 6.14. The lowest BCUT2D eigenvalue weighted by Gasteiger charge is -2.34. The van der Waals surface area contributed by atoms with E-state index in [1.807, 2.05) is 6.92 Å². The van der Waals surface area contributed by atoms with E-state index in [9.17, 15) is 23.3 Å². The van der Waals surface area contributed by atoms with E-state index in [-0.39, 0.29) is 42.7 Å². The Labute approximate surface area is 168 Å². The van der Waals surface area contributed by atoms with Crippen molar-refractivity contribution in [2.75, 3.05) is 32.8 Å². The van der Waals surface area contributed by atoms with Crippen LogP contribution in [0.1, 0.15) is 17.3 Å². The van der Waals surface area contributed by atoms with Crippen molar-refractivity contribution >= 4 is 21.6 Å². The molecule has 1 fully saturated rings. The van der Waals surface area contributed by atoms with Gasteiger partial charge in [0.05, 0.1) is 16.4 Å². The highest BCUT2D eigenvalue weighted by Crippen LogP contribution is 2.21. The molecule has 0 bridgehead atoms. The summed E-state index contributed by atoms with van der Waals surface area (Å²) < 4.78 is 32.2. The number of hydrogen-bond donors (Lipinski definition) is 0. The molecule has 0 saturated carbocycles. The summed E-state index contributed by atoms with van der Waals surface area (Å²) in [6.07, 6.45) is 0. The molecule has 0 N–H and O–H groups in total. The van der Waals surface area contributed by atoms with Crippen LogP contribution in [0.3, 0.4) is 0 Å². The third-order valence-corrected chi connectivity index (χ3v) is 6.54. The van der Waals surface area contributed by atoms with Gasteiger partial charge in [0.2, 0.25) is 10.0 Å². The molecule has 0 unspecified atom stereocenters. The molecule has 2 aromatic carbocycles. The normalized spacial score (nSPS) is 15.1. The first-order chi connectivity index (χ1) is 13.8. The zero-order chi connectivity index (χ0) is 21.0. The van der Waals surface area contributed by atoms with Crippen molar-refractivity contribution in [3.63, 3.8) is 0 Å². The maximum Gasteiger partial charge on any atom is 0.269 e. The number of nitro benzene ring substituents is 1. The van der Waals surface area contributed by atoms with Gasteiger partial charge in [-0.25, -0.2) is 8.42 Å². The molecule has 1 aliphatic heterocycles. The summed E-state index contributed by atoms with van der Waals surface area (Å²) in [5.74, 6) is 0.517. The lowest BCUT2D eigenvalue weighted by molar-refractivity contribution is -0.384. The average Bonchev–Trinajstić information content (AvgIpc) is 2.74. The van der Waals surface area contributed by atoms with E-state index in [1.54, 1.807) is 29.2 Å². The Balaban J connectivity index is 1.64. The molecular formula is C19H21N3O6S. The van der Waals surface area contributed by atoms with Gasteiger partial charge in [-0.3, -0.25) is 14.9 Å². The number of piperazine rings is 1. The molecule has 2 aromatic rings. The van der Waals surface area contributed by atoms with Gasteiger partial charge >= 0.3 is 0 Å². The van der Waals surface area contributed by atoms with Gasteiger partial charge in [0, 0.05) is 43.9 Å². The van der Waals surface area contributed by atoms with Crippen LogP contribution in [0.2, 0.25) is 0 Å². The molecule has 1 aliphatic rings. The molecule has 3 rings (SSSR count). The number of nitrogens with zero attached hydrogens (tertiary/aromatic N) is 3. The lowest BCUT2D eigenvalue weighted by atomic mass is 10.2. The van der Waals surface area contributed by atoms with Gasteiger partial charge in [0.25, 0.3) is 11.6 Å². The van der Waals surface area contributed by atoms with Crippen LogP contribution in [-0.2, 0) is 10.0 Å². The van der Waals surface area contributed by atoms with Crippen molar-refractivity contribution in [1.29, 1.82) is 0 Å². The van der Waals surface area contributed by atoms with Gasteiger partial charge < -0.3 is 9.64 Å². The van der Waals surface area contributed by atoms with Crippen molar-refractivity contribution < 1.29 is 22.9 Å². The van der Waals surface area contributed by atoms with E-state index >= 15 is 0 Å². The lowest BCUT2D eigenvalue weighted by Crippen LogP contribution is -2.50. The zero-order valence-electron chi connectivity index (χ0n) is 15.9. The maximum atomic E-state index is 12.8. The molecule has 1 saturated heterocycles. The van der Waals surface area contributed by atoms with Gasteiger partial charge in [0.1, 0.15) is 5.75 Å². The molecule has 0 atom stereocenters. The molecule has 1 amide bonds. The number of sulfonamides is 1. The molecule has 0 radical (unpaired) electrons. The van der Waals surface area contributed by atoms with Crippen molar-refractivity contribution in [2.24, 2.45) is 0 Å². The van der Waals surface area contributed by atoms with Crippen LogP contribution in [0.5, 0.6) is 5.75 Å². The second-order valence-corrected chi connectivity index (χ2v) is 8.34. The molecule has 0 aromatic heterocycles. The summed E-state index contributed by atoms with van der Waals surface area (Å²) in [5, 5.41) is 10.7. The molecule has 29 heavy (non-hydrogen) atoms. The van der Waals surface area contributed by atoms with Crippen LogP contribution in [0, 0.1) is 10.1 Å². The summed E-state index contributed by atoms with van der Waals surface area (Å²) in [6, 6.07) is 11.6. The summed E-state index contributed by atoms with van der Waals surface area (Å²) in [7, 11) is -3.77. The topological polar surface area (TPSA) is 110 Å². The highest BCUT2D eigenvalue weighted by atomic mass is 32.2. The van der Waals surface area contributed by atoms with Crippen LogP contribution in [0.4, 0.5) is 5.69 Å². The largest absolute Gasteiger partial charge is 0.494 e. The Bertz CT molecular complexity index is 982. The van der Waals surface area contributed by atoms with Gasteiger partial charge in [-0.2, -0.15) is 4.31 Å². The third-order valence-electron chi connectivity index (χ3n) is 4.62. The van der Waals surface area contributed by atoms with E-state index in [0.717, 1.165) is 0 Å². The molecule has 154 valence electrons. The number of non-ortho nitro benzene ring substituents is 1. The second-order valence-electron chi connectivity index (χ2n) is 6.40. The van der Waals surface area contributed by atoms with Gasteiger partial charge in [0.15, 0.2) is 0 Å². The number of benzene rings is 2. The quantitative estimate of drug-likeness (QED) is 0.524. The first kappa shape index (κ1) is 20.7. The predicted octanol–water partition coefficient (Wildman–Crippen LogP) is 2.14. The van der Waals surface area contributed by atoms with E-state index < -0.39 is 14.9 Å². The fourth-order valence-corrected chi connectivity index (χ4v) is 4.49. The van der Waals surface area contributed by atoms with Crippen LogP contribution in [0.15, 0.2) is 53.4 Å². The van der Waals surface area contributed by atoms with Crippen molar-refractivity contribution in [3.05, 3.63) is 64.2 Å². The van der Waals surface area contributed by atoms with Crippen LogP contribution >= 0.6 is 0 Å². The Morgan fingerprint density at radius 1 is 1.03 bits per heavy atom. The third kappa shape index (κ3) is 4.54. The Hall–Kier alpha value is -2.98. The van der Waals surface area contributed by atoms with E-state index in [4.69, 9.17) is 4.74 Å². The number of hydrogen-bond acceptors (Lipinski definition) is 6. The fraction of sp³-hybridized carbons (Fsp3) is 0.316. The molecule has 10 heteroatoms. The number of amides is 1. The standard InChI is InChI=1S/C19H21N3O6S/c1-2-28-17-7-3-15(4-8-17)19(23)20-11-13-21(14-12-20)29(26,27)18-9-5-16(6-10-18)22(24)25/h3-10H,2,11-14H2,1H3. The number of carbonyl (C=O) groups excluding carboxylic acids is 1. The van der Waals surface area contributed by atoms with Crippen LogP contribution in [0.25, 0.3) is 0 Å². The van der Waals surface area contributed by atoms with E-state index in [2.05, 4.69) is 0 Å².